The van der Waals surface area contributed by atoms with E-state index in [1.165, 1.54) is 32.4 Å². The van der Waals surface area contributed by atoms with Crippen LogP contribution in [-0.2, 0) is 13.0 Å². The van der Waals surface area contributed by atoms with E-state index >= 15 is 0 Å². The molecular weight excluding hydrogens is 430 g/mol. The number of hydrogen-bond acceptors (Lipinski definition) is 6. The van der Waals surface area contributed by atoms with Gasteiger partial charge in [0.05, 0.1) is 5.69 Å². The number of nitrogens with zero attached hydrogens (tertiary/aromatic N) is 3. The molecule has 1 aliphatic rings. The number of aliphatic imine (C=N–C) groups is 1. The monoisotopic (exact) mass is 467 g/mol. The van der Waals surface area contributed by atoms with Gasteiger partial charge in [-0.15, -0.1) is 0 Å². The number of fused-ring (bicyclic) bond motifs is 1. The lowest BCUT2D eigenvalue weighted by Crippen LogP contribution is -2.23. The van der Waals surface area contributed by atoms with Crippen LogP contribution in [0.2, 0.25) is 0 Å². The van der Waals surface area contributed by atoms with Crippen LogP contribution in [0.1, 0.15) is 36.9 Å². The molecule has 1 saturated heterocycles. The fourth-order valence-corrected chi connectivity index (χ4v) is 3.75. The Morgan fingerprint density at radius 1 is 1.15 bits per heavy atom. The zero-order valence-electron chi connectivity index (χ0n) is 19.7. The number of piperidine rings is 1. The number of aromatic nitrogens is 3. The third-order valence-electron chi connectivity index (χ3n) is 5.53. The molecule has 184 valence electrons. The van der Waals surface area contributed by atoms with Gasteiger partial charge in [-0.3, -0.25) is 9.56 Å². The predicted octanol–water partition coefficient (Wildman–Crippen LogP) is 0.728. The van der Waals surface area contributed by atoms with E-state index in [9.17, 15) is 4.79 Å². The van der Waals surface area contributed by atoms with Gasteiger partial charge in [-0.1, -0.05) is 18.6 Å². The number of benzene rings is 1. The minimum absolute atomic E-state index is 0.119. The van der Waals surface area contributed by atoms with Crippen molar-refractivity contribution in [2.75, 3.05) is 32.7 Å². The van der Waals surface area contributed by atoms with Gasteiger partial charge >= 0.3 is 5.69 Å². The average Bonchev–Trinajstić information content (AvgIpc) is 3.24. The topological polar surface area (TPSA) is 165 Å². The molecule has 4 rings (SSSR count). The summed E-state index contributed by atoms with van der Waals surface area (Å²) in [6.07, 6.45) is 7.60. The molecule has 1 fully saturated rings. The quantitative estimate of drug-likeness (QED) is 0.153. The van der Waals surface area contributed by atoms with Crippen LogP contribution in [0.5, 0.6) is 0 Å². The molecule has 0 unspecified atom stereocenters. The first-order valence-corrected chi connectivity index (χ1v) is 11.9. The summed E-state index contributed by atoms with van der Waals surface area (Å²) in [5.74, 6) is 0.119. The molecule has 10 heteroatoms. The van der Waals surface area contributed by atoms with Gasteiger partial charge in [0, 0.05) is 30.4 Å². The fourth-order valence-electron chi connectivity index (χ4n) is 3.75. The van der Waals surface area contributed by atoms with Crippen molar-refractivity contribution in [1.82, 2.24) is 25.2 Å². The largest absolute Gasteiger partial charge is 0.370 e. The van der Waals surface area contributed by atoms with E-state index in [0.29, 0.717) is 18.7 Å². The molecule has 0 saturated carbocycles. The van der Waals surface area contributed by atoms with Gasteiger partial charge in [0.1, 0.15) is 5.65 Å². The highest BCUT2D eigenvalue weighted by atomic mass is 16.1. The first-order chi connectivity index (χ1) is 16.6. The minimum atomic E-state index is -0.320. The van der Waals surface area contributed by atoms with Gasteiger partial charge in [0.25, 0.3) is 0 Å². The predicted molar refractivity (Wildman–Crippen MR) is 138 cm³/mol. The van der Waals surface area contributed by atoms with Gasteiger partial charge in [-0.25, -0.2) is 4.79 Å². The van der Waals surface area contributed by atoms with Crippen LogP contribution in [0.25, 0.3) is 16.7 Å². The molecule has 10 nitrogen and oxygen atoms in total. The van der Waals surface area contributed by atoms with Crippen LogP contribution in [0.3, 0.4) is 0 Å². The summed E-state index contributed by atoms with van der Waals surface area (Å²) in [4.78, 5) is 23.6. The Morgan fingerprint density at radius 3 is 2.53 bits per heavy atom. The molecule has 0 bridgehead atoms. The maximum Gasteiger partial charge on any atom is 0.354 e. The van der Waals surface area contributed by atoms with Crippen molar-refractivity contribution in [3.63, 3.8) is 0 Å². The summed E-state index contributed by atoms with van der Waals surface area (Å²) < 4.78 is 1.55. The molecule has 9 N–H and O–H groups in total. The smallest absolute Gasteiger partial charge is 0.354 e. The van der Waals surface area contributed by atoms with E-state index in [4.69, 9.17) is 17.2 Å². The lowest BCUT2D eigenvalue weighted by Gasteiger charge is -2.08. The van der Waals surface area contributed by atoms with Gasteiger partial charge in [0.2, 0.25) is 0 Å². The van der Waals surface area contributed by atoms with Crippen molar-refractivity contribution in [3.8, 4) is 5.69 Å². The lowest BCUT2D eigenvalue weighted by atomic mass is 10.2. The highest BCUT2D eigenvalue weighted by Gasteiger charge is 2.07. The average molecular weight is 468 g/mol. The zero-order valence-corrected chi connectivity index (χ0v) is 19.7. The first-order valence-electron chi connectivity index (χ1n) is 11.9. The van der Waals surface area contributed by atoms with Crippen LogP contribution < -0.4 is 33.5 Å². The number of guanidine groups is 1. The summed E-state index contributed by atoms with van der Waals surface area (Å²) >= 11 is 0. The second-order valence-corrected chi connectivity index (χ2v) is 8.34. The molecule has 0 aliphatic carbocycles. The number of aromatic amines is 1. The SMILES string of the molecule is C1CCNCC1.NCCc1cc2cn(-c3ccc(CNCCCN=C(N)N)cc3)c(=O)nc2[nH]1. The molecule has 0 radical (unpaired) electrons. The molecule has 0 spiro atoms. The lowest BCUT2D eigenvalue weighted by molar-refractivity contribution is 0.520. The summed E-state index contributed by atoms with van der Waals surface area (Å²) in [6.45, 7) is 5.20. The van der Waals surface area contributed by atoms with Gasteiger partial charge in [-0.05, 0) is 75.6 Å². The van der Waals surface area contributed by atoms with E-state index < -0.39 is 0 Å². The van der Waals surface area contributed by atoms with Crippen molar-refractivity contribution >= 4 is 17.0 Å². The standard InChI is InChI=1S/C19H26N8O.C5H11N/c20-7-6-15-10-14-12-27(19(28)26-17(14)25-15)16-4-2-13(3-5-16)11-23-8-1-9-24-18(21)22;1-2-4-6-5-3-1/h2-5,10,12,23H,1,6-9,11,20H2,(H4,21,22,24)(H,25,26,28);6H,1-5H2. The molecule has 2 aromatic heterocycles. The number of hydrogen-bond donors (Lipinski definition) is 6. The molecule has 1 aromatic carbocycles. The van der Waals surface area contributed by atoms with Crippen LogP contribution >= 0.6 is 0 Å². The van der Waals surface area contributed by atoms with E-state index in [1.54, 1.807) is 10.8 Å². The van der Waals surface area contributed by atoms with Crippen molar-refractivity contribution in [2.45, 2.75) is 38.6 Å². The van der Waals surface area contributed by atoms with Crippen LogP contribution in [-0.4, -0.2) is 53.2 Å². The second-order valence-electron chi connectivity index (χ2n) is 8.34. The van der Waals surface area contributed by atoms with Crippen molar-refractivity contribution in [2.24, 2.45) is 22.2 Å². The summed E-state index contributed by atoms with van der Waals surface area (Å²) in [5, 5.41) is 7.51. The maximum atomic E-state index is 12.4. The summed E-state index contributed by atoms with van der Waals surface area (Å²) in [5.41, 5.74) is 19.3. The third-order valence-corrected chi connectivity index (χ3v) is 5.53. The van der Waals surface area contributed by atoms with Crippen molar-refractivity contribution < 1.29 is 0 Å². The fraction of sp³-hybridized carbons (Fsp3) is 0.458. The van der Waals surface area contributed by atoms with E-state index in [2.05, 4.69) is 25.6 Å². The third kappa shape index (κ3) is 7.98. The minimum Gasteiger partial charge on any atom is -0.370 e. The molecule has 1 aliphatic heterocycles. The summed E-state index contributed by atoms with van der Waals surface area (Å²) in [6, 6.07) is 9.79. The van der Waals surface area contributed by atoms with Crippen LogP contribution in [0.4, 0.5) is 0 Å². The number of H-pyrrole nitrogens is 1. The normalized spacial score (nSPS) is 13.3. The van der Waals surface area contributed by atoms with Gasteiger partial charge in [0.15, 0.2) is 5.96 Å². The van der Waals surface area contributed by atoms with E-state index in [-0.39, 0.29) is 11.6 Å². The Hall–Kier alpha value is -3.21. The molecule has 34 heavy (non-hydrogen) atoms. The van der Waals surface area contributed by atoms with E-state index in [1.807, 2.05) is 30.3 Å². The highest BCUT2D eigenvalue weighted by molar-refractivity contribution is 5.76. The van der Waals surface area contributed by atoms with Crippen molar-refractivity contribution in [3.05, 3.63) is 58.3 Å². The van der Waals surface area contributed by atoms with Gasteiger partial charge < -0.3 is 32.8 Å². The second kappa shape index (κ2) is 13.5. The molecule has 0 atom stereocenters. The Labute approximate surface area is 200 Å². The van der Waals surface area contributed by atoms with Crippen LogP contribution in [0.15, 0.2) is 46.3 Å². The highest BCUT2D eigenvalue weighted by Crippen LogP contribution is 2.14. The first kappa shape index (κ1) is 25.4. The maximum absolute atomic E-state index is 12.4. The van der Waals surface area contributed by atoms with Crippen LogP contribution in [0, 0.1) is 0 Å². The zero-order chi connectivity index (χ0) is 24.2. The summed E-state index contributed by atoms with van der Waals surface area (Å²) in [7, 11) is 0. The Balaban J connectivity index is 0.000000469. The molecule has 3 heterocycles. The van der Waals surface area contributed by atoms with Crippen molar-refractivity contribution in [1.29, 1.82) is 0 Å². The Morgan fingerprint density at radius 2 is 1.91 bits per heavy atom. The number of nitrogens with one attached hydrogen (secondary N) is 3. The molecule has 0 amide bonds. The Kier molecular flexibility index (Phi) is 10.1. The number of nitrogens with two attached hydrogens (primary N) is 3. The number of rotatable bonds is 9. The Bertz CT molecular complexity index is 1080. The molecule has 3 aromatic rings. The van der Waals surface area contributed by atoms with E-state index in [0.717, 1.165) is 48.3 Å². The molecular formula is C24H37N9O. The van der Waals surface area contributed by atoms with Gasteiger partial charge in [-0.2, -0.15) is 4.98 Å².